The molecule has 0 aliphatic carbocycles. The SMILES string of the molecule is CCCCCCCCCOc1cc(OC)cc(C(=N)N)c1. The average Bonchev–Trinajstić information content (AvgIpc) is 2.49. The molecule has 0 aliphatic rings. The molecule has 1 aromatic carbocycles. The number of nitrogens with one attached hydrogen (secondary N) is 1. The topological polar surface area (TPSA) is 68.3 Å². The summed E-state index contributed by atoms with van der Waals surface area (Å²) in [6.07, 6.45) is 8.83. The molecule has 0 saturated carbocycles. The van der Waals surface area contributed by atoms with Gasteiger partial charge in [-0.05, 0) is 18.6 Å². The van der Waals surface area contributed by atoms with Gasteiger partial charge in [-0.25, -0.2) is 0 Å². The lowest BCUT2D eigenvalue weighted by molar-refractivity contribution is 0.302. The van der Waals surface area contributed by atoms with Crippen LogP contribution in [0.3, 0.4) is 0 Å². The van der Waals surface area contributed by atoms with Crippen LogP contribution in [0.4, 0.5) is 0 Å². The summed E-state index contributed by atoms with van der Waals surface area (Å²) in [6, 6.07) is 5.35. The lowest BCUT2D eigenvalue weighted by Crippen LogP contribution is -2.11. The highest BCUT2D eigenvalue weighted by Crippen LogP contribution is 2.22. The van der Waals surface area contributed by atoms with Crippen LogP contribution in [-0.2, 0) is 0 Å². The number of nitrogen functional groups attached to an aromatic ring is 1. The largest absolute Gasteiger partial charge is 0.497 e. The molecular formula is C17H28N2O2. The van der Waals surface area contributed by atoms with Crippen LogP contribution in [0.25, 0.3) is 0 Å². The summed E-state index contributed by atoms with van der Waals surface area (Å²) in [6.45, 7) is 2.93. The monoisotopic (exact) mass is 292 g/mol. The molecule has 3 N–H and O–H groups in total. The molecular weight excluding hydrogens is 264 g/mol. The second-order valence-electron chi connectivity index (χ2n) is 5.28. The van der Waals surface area contributed by atoms with Crippen molar-refractivity contribution in [2.24, 2.45) is 5.73 Å². The van der Waals surface area contributed by atoms with Crippen molar-refractivity contribution in [2.45, 2.75) is 51.9 Å². The molecule has 0 radical (unpaired) electrons. The molecule has 0 saturated heterocycles. The van der Waals surface area contributed by atoms with Crippen LogP contribution in [-0.4, -0.2) is 19.6 Å². The van der Waals surface area contributed by atoms with Crippen molar-refractivity contribution in [3.8, 4) is 11.5 Å². The Bertz CT molecular complexity index is 433. The molecule has 0 amide bonds. The Kier molecular flexibility index (Phi) is 8.32. The van der Waals surface area contributed by atoms with Crippen molar-refractivity contribution in [2.75, 3.05) is 13.7 Å². The number of benzene rings is 1. The van der Waals surface area contributed by atoms with Gasteiger partial charge >= 0.3 is 0 Å². The van der Waals surface area contributed by atoms with Gasteiger partial charge in [-0.3, -0.25) is 5.41 Å². The number of methoxy groups -OCH3 is 1. The molecule has 118 valence electrons. The Hall–Kier alpha value is -1.71. The maximum atomic E-state index is 7.49. The molecule has 0 fully saturated rings. The first kappa shape index (κ1) is 17.3. The second kappa shape index (κ2) is 10.1. The Balaban J connectivity index is 2.31. The minimum Gasteiger partial charge on any atom is -0.497 e. The van der Waals surface area contributed by atoms with Crippen LogP contribution in [0.2, 0.25) is 0 Å². The molecule has 0 unspecified atom stereocenters. The van der Waals surface area contributed by atoms with Gasteiger partial charge in [0.1, 0.15) is 17.3 Å². The van der Waals surface area contributed by atoms with Crippen LogP contribution in [0.5, 0.6) is 11.5 Å². The van der Waals surface area contributed by atoms with E-state index in [1.165, 1.54) is 38.5 Å². The Morgan fingerprint density at radius 3 is 2.24 bits per heavy atom. The fourth-order valence-corrected chi connectivity index (χ4v) is 2.18. The fourth-order valence-electron chi connectivity index (χ4n) is 2.18. The zero-order valence-electron chi connectivity index (χ0n) is 13.3. The summed E-state index contributed by atoms with van der Waals surface area (Å²) in [5, 5.41) is 7.49. The Labute approximate surface area is 128 Å². The summed E-state index contributed by atoms with van der Waals surface area (Å²) < 4.78 is 10.9. The van der Waals surface area contributed by atoms with Crippen molar-refractivity contribution in [1.82, 2.24) is 0 Å². The molecule has 0 spiro atoms. The van der Waals surface area contributed by atoms with E-state index in [-0.39, 0.29) is 5.84 Å². The van der Waals surface area contributed by atoms with Gasteiger partial charge in [-0.1, -0.05) is 45.4 Å². The molecule has 0 bridgehead atoms. The van der Waals surface area contributed by atoms with E-state index in [1.54, 1.807) is 19.2 Å². The van der Waals surface area contributed by atoms with Crippen molar-refractivity contribution >= 4 is 5.84 Å². The lowest BCUT2D eigenvalue weighted by atomic mass is 10.1. The van der Waals surface area contributed by atoms with Gasteiger partial charge in [-0.15, -0.1) is 0 Å². The minimum atomic E-state index is 0.0228. The van der Waals surface area contributed by atoms with Crippen molar-refractivity contribution < 1.29 is 9.47 Å². The molecule has 0 aliphatic heterocycles. The van der Waals surface area contributed by atoms with Crippen LogP contribution in [0.1, 0.15) is 57.4 Å². The quantitative estimate of drug-likeness (QED) is 0.366. The van der Waals surface area contributed by atoms with E-state index < -0.39 is 0 Å². The Morgan fingerprint density at radius 1 is 1.00 bits per heavy atom. The van der Waals surface area contributed by atoms with Gasteiger partial charge in [0.2, 0.25) is 0 Å². The van der Waals surface area contributed by atoms with E-state index in [1.807, 2.05) is 6.07 Å². The number of hydrogen-bond donors (Lipinski definition) is 2. The first-order chi connectivity index (χ1) is 10.2. The lowest BCUT2D eigenvalue weighted by Gasteiger charge is -2.10. The highest BCUT2D eigenvalue weighted by Gasteiger charge is 2.04. The third-order valence-corrected chi connectivity index (χ3v) is 3.44. The van der Waals surface area contributed by atoms with E-state index in [2.05, 4.69) is 6.92 Å². The van der Waals surface area contributed by atoms with E-state index >= 15 is 0 Å². The number of ether oxygens (including phenoxy) is 2. The van der Waals surface area contributed by atoms with Crippen LogP contribution in [0, 0.1) is 5.41 Å². The standard InChI is InChI=1S/C17H28N2O2/c1-3-4-5-6-7-8-9-10-21-16-12-14(17(18)19)11-15(13-16)20-2/h11-13H,3-10H2,1-2H3,(H3,18,19). The predicted molar refractivity (Wildman–Crippen MR) is 87.5 cm³/mol. The number of nitrogens with two attached hydrogens (primary N) is 1. The number of hydrogen-bond acceptors (Lipinski definition) is 3. The van der Waals surface area contributed by atoms with Gasteiger partial charge in [0.05, 0.1) is 13.7 Å². The highest BCUT2D eigenvalue weighted by molar-refractivity contribution is 5.95. The van der Waals surface area contributed by atoms with Gasteiger partial charge < -0.3 is 15.2 Å². The van der Waals surface area contributed by atoms with Gasteiger partial charge in [0, 0.05) is 11.6 Å². The first-order valence-electron chi connectivity index (χ1n) is 7.83. The van der Waals surface area contributed by atoms with Gasteiger partial charge in [0.15, 0.2) is 0 Å². The number of unbranched alkanes of at least 4 members (excludes halogenated alkanes) is 6. The highest BCUT2D eigenvalue weighted by atomic mass is 16.5. The van der Waals surface area contributed by atoms with E-state index in [0.717, 1.165) is 6.42 Å². The van der Waals surface area contributed by atoms with Gasteiger partial charge in [-0.2, -0.15) is 0 Å². The van der Waals surface area contributed by atoms with Crippen LogP contribution < -0.4 is 15.2 Å². The Morgan fingerprint density at radius 2 is 1.62 bits per heavy atom. The third-order valence-electron chi connectivity index (χ3n) is 3.44. The van der Waals surface area contributed by atoms with E-state index in [0.29, 0.717) is 23.7 Å². The zero-order chi connectivity index (χ0) is 15.5. The first-order valence-corrected chi connectivity index (χ1v) is 7.83. The summed E-state index contributed by atoms with van der Waals surface area (Å²) in [4.78, 5) is 0. The van der Waals surface area contributed by atoms with Crippen LogP contribution >= 0.6 is 0 Å². The third kappa shape index (κ3) is 7.02. The molecule has 1 rings (SSSR count). The number of rotatable bonds is 11. The summed E-state index contributed by atoms with van der Waals surface area (Å²) in [7, 11) is 1.60. The molecule has 1 aromatic rings. The molecule has 4 nitrogen and oxygen atoms in total. The number of amidine groups is 1. The van der Waals surface area contributed by atoms with Crippen LogP contribution in [0.15, 0.2) is 18.2 Å². The maximum Gasteiger partial charge on any atom is 0.123 e. The van der Waals surface area contributed by atoms with E-state index in [4.69, 9.17) is 20.6 Å². The fraction of sp³-hybridized carbons (Fsp3) is 0.588. The van der Waals surface area contributed by atoms with Crippen molar-refractivity contribution in [3.05, 3.63) is 23.8 Å². The van der Waals surface area contributed by atoms with Crippen molar-refractivity contribution in [3.63, 3.8) is 0 Å². The van der Waals surface area contributed by atoms with E-state index in [9.17, 15) is 0 Å². The molecule has 4 heteroatoms. The predicted octanol–water partition coefficient (Wildman–Crippen LogP) is 4.11. The molecule has 0 heterocycles. The molecule has 0 aromatic heterocycles. The van der Waals surface area contributed by atoms with Crippen molar-refractivity contribution in [1.29, 1.82) is 5.41 Å². The molecule has 21 heavy (non-hydrogen) atoms. The minimum absolute atomic E-state index is 0.0228. The molecule has 0 atom stereocenters. The summed E-state index contributed by atoms with van der Waals surface area (Å²) in [5.74, 6) is 1.40. The maximum absolute atomic E-state index is 7.49. The van der Waals surface area contributed by atoms with Gasteiger partial charge in [0.25, 0.3) is 0 Å². The second-order valence-corrected chi connectivity index (χ2v) is 5.28. The zero-order valence-corrected chi connectivity index (χ0v) is 13.3. The average molecular weight is 292 g/mol. The normalized spacial score (nSPS) is 10.4. The summed E-state index contributed by atoms with van der Waals surface area (Å²) in [5.41, 5.74) is 6.14. The summed E-state index contributed by atoms with van der Waals surface area (Å²) >= 11 is 0. The smallest absolute Gasteiger partial charge is 0.123 e.